The van der Waals surface area contributed by atoms with Gasteiger partial charge in [0.25, 0.3) is 0 Å². The van der Waals surface area contributed by atoms with E-state index in [0.29, 0.717) is 6.42 Å². The first-order chi connectivity index (χ1) is 5.61. The van der Waals surface area contributed by atoms with Crippen LogP contribution in [0, 0.1) is 0 Å². The third kappa shape index (κ3) is 0.719. The largest absolute Gasteiger partial charge is 0.477 e. The van der Waals surface area contributed by atoms with Gasteiger partial charge < -0.3 is 10.0 Å². The summed E-state index contributed by atoms with van der Waals surface area (Å²) >= 11 is 0. The molecule has 4 nitrogen and oxygen atoms in total. The zero-order valence-corrected chi connectivity index (χ0v) is 6.70. The molecule has 2 aliphatic rings. The fourth-order valence-electron chi connectivity index (χ4n) is 1.89. The molecule has 64 valence electrons. The van der Waals surface area contributed by atoms with Gasteiger partial charge >= 0.3 is 5.97 Å². The summed E-state index contributed by atoms with van der Waals surface area (Å²) in [6.07, 6.45) is 1.24. The van der Waals surface area contributed by atoms with Gasteiger partial charge in [0.2, 0.25) is 5.91 Å². The number of β-lactam (4-membered cyclic amide) rings is 1. The Bertz CT molecular complexity index is 305. The van der Waals surface area contributed by atoms with Crippen molar-refractivity contribution in [3.63, 3.8) is 0 Å². The molecule has 0 saturated carbocycles. The molecule has 0 aliphatic carbocycles. The van der Waals surface area contributed by atoms with E-state index in [1.165, 1.54) is 4.90 Å². The summed E-state index contributed by atoms with van der Waals surface area (Å²) in [5, 5.41) is 8.77. The van der Waals surface area contributed by atoms with E-state index in [0.717, 1.165) is 12.0 Å². The maximum absolute atomic E-state index is 11.0. The Kier molecular flexibility index (Phi) is 1.28. The summed E-state index contributed by atoms with van der Waals surface area (Å²) in [6, 6.07) is 0.142. The van der Waals surface area contributed by atoms with Gasteiger partial charge in [-0.3, -0.25) is 4.79 Å². The Hall–Kier alpha value is -1.32. The standard InChI is InChI=1S/C8H9NO3/c1-4-2-5-3-6(10)9(5)7(4)8(11)12/h5H,2-3H2,1H3,(H,11,12)/t5-/m1/s1. The van der Waals surface area contributed by atoms with E-state index < -0.39 is 5.97 Å². The molecule has 1 amide bonds. The van der Waals surface area contributed by atoms with Crippen molar-refractivity contribution >= 4 is 11.9 Å². The highest BCUT2D eigenvalue weighted by molar-refractivity contribution is 5.98. The number of fused-ring (bicyclic) bond motifs is 1. The topological polar surface area (TPSA) is 57.6 Å². The quantitative estimate of drug-likeness (QED) is 0.573. The number of hydrogen-bond donors (Lipinski definition) is 1. The minimum absolute atomic E-state index is 0.0609. The summed E-state index contributed by atoms with van der Waals surface area (Å²) in [5.74, 6) is -1.04. The molecule has 0 unspecified atom stereocenters. The first kappa shape index (κ1) is 7.34. The second-order valence-electron chi connectivity index (χ2n) is 3.26. The van der Waals surface area contributed by atoms with Crippen molar-refractivity contribution in [3.8, 4) is 0 Å². The SMILES string of the molecule is CC1=C(C(=O)O)N2C(=O)C[C@H]2C1. The van der Waals surface area contributed by atoms with Crippen LogP contribution in [0.3, 0.4) is 0 Å². The Morgan fingerprint density at radius 1 is 1.58 bits per heavy atom. The van der Waals surface area contributed by atoms with Crippen LogP contribution in [-0.4, -0.2) is 27.9 Å². The summed E-state index contributed by atoms with van der Waals surface area (Å²) in [7, 11) is 0. The van der Waals surface area contributed by atoms with E-state index in [2.05, 4.69) is 0 Å². The average Bonchev–Trinajstić information content (AvgIpc) is 2.22. The Balaban J connectivity index is 2.34. The lowest BCUT2D eigenvalue weighted by Gasteiger charge is -2.35. The fraction of sp³-hybridized carbons (Fsp3) is 0.500. The summed E-state index contributed by atoms with van der Waals surface area (Å²) < 4.78 is 0. The second kappa shape index (κ2) is 2.09. The highest BCUT2D eigenvalue weighted by atomic mass is 16.4. The van der Waals surface area contributed by atoms with Gasteiger partial charge in [-0.1, -0.05) is 0 Å². The van der Waals surface area contributed by atoms with Gasteiger partial charge in [-0.2, -0.15) is 0 Å². The van der Waals surface area contributed by atoms with Crippen molar-refractivity contribution in [2.45, 2.75) is 25.8 Å². The first-order valence-corrected chi connectivity index (χ1v) is 3.86. The van der Waals surface area contributed by atoms with E-state index in [9.17, 15) is 9.59 Å². The zero-order valence-electron chi connectivity index (χ0n) is 6.70. The fourth-order valence-corrected chi connectivity index (χ4v) is 1.89. The maximum atomic E-state index is 11.0. The van der Waals surface area contributed by atoms with Gasteiger partial charge in [0, 0.05) is 12.5 Å². The van der Waals surface area contributed by atoms with Gasteiger partial charge in [0.15, 0.2) is 0 Å². The van der Waals surface area contributed by atoms with Crippen LogP contribution < -0.4 is 0 Å². The minimum atomic E-state index is -0.983. The predicted molar refractivity (Wildman–Crippen MR) is 40.2 cm³/mol. The molecule has 2 rings (SSSR count). The molecule has 0 aromatic carbocycles. The number of amides is 1. The molecular formula is C8H9NO3. The van der Waals surface area contributed by atoms with Crippen molar-refractivity contribution in [1.82, 2.24) is 4.90 Å². The zero-order chi connectivity index (χ0) is 8.88. The van der Waals surface area contributed by atoms with Crippen LogP contribution >= 0.6 is 0 Å². The lowest BCUT2D eigenvalue weighted by molar-refractivity contribution is -0.147. The number of rotatable bonds is 1. The Labute approximate surface area is 69.5 Å². The molecule has 4 heteroatoms. The average molecular weight is 167 g/mol. The lowest BCUT2D eigenvalue weighted by Crippen LogP contribution is -2.49. The van der Waals surface area contributed by atoms with Crippen molar-refractivity contribution in [1.29, 1.82) is 0 Å². The van der Waals surface area contributed by atoms with Crippen LogP contribution in [0.15, 0.2) is 11.3 Å². The van der Waals surface area contributed by atoms with Crippen LogP contribution in [0.1, 0.15) is 19.8 Å². The molecule has 0 spiro atoms. The van der Waals surface area contributed by atoms with Crippen LogP contribution in [0.4, 0.5) is 0 Å². The maximum Gasteiger partial charge on any atom is 0.352 e. The Morgan fingerprint density at radius 2 is 2.25 bits per heavy atom. The monoisotopic (exact) mass is 167 g/mol. The summed E-state index contributed by atoms with van der Waals surface area (Å²) in [4.78, 5) is 23.1. The highest BCUT2D eigenvalue weighted by Crippen LogP contribution is 2.37. The number of carboxylic acid groups (broad SMARTS) is 1. The van der Waals surface area contributed by atoms with E-state index in [1.807, 2.05) is 0 Å². The van der Waals surface area contributed by atoms with E-state index in [-0.39, 0.29) is 17.6 Å². The predicted octanol–water partition coefficient (Wildman–Crippen LogP) is 0.350. The van der Waals surface area contributed by atoms with E-state index in [1.54, 1.807) is 6.92 Å². The Morgan fingerprint density at radius 3 is 2.67 bits per heavy atom. The molecular weight excluding hydrogens is 158 g/mol. The highest BCUT2D eigenvalue weighted by Gasteiger charge is 2.46. The minimum Gasteiger partial charge on any atom is -0.477 e. The number of aliphatic carboxylic acids is 1. The molecule has 1 atom stereocenters. The number of carbonyl (C=O) groups is 2. The van der Waals surface area contributed by atoms with E-state index >= 15 is 0 Å². The van der Waals surface area contributed by atoms with Crippen LogP contribution in [0.25, 0.3) is 0 Å². The third-order valence-electron chi connectivity index (χ3n) is 2.43. The summed E-state index contributed by atoms with van der Waals surface area (Å²) in [5.41, 5.74) is 1.02. The van der Waals surface area contributed by atoms with Crippen LogP contribution in [-0.2, 0) is 9.59 Å². The molecule has 2 aliphatic heterocycles. The van der Waals surface area contributed by atoms with Gasteiger partial charge in [0.05, 0.1) is 0 Å². The smallest absolute Gasteiger partial charge is 0.352 e. The molecule has 0 radical (unpaired) electrons. The summed E-state index contributed by atoms with van der Waals surface area (Å²) in [6.45, 7) is 1.77. The number of carboxylic acids is 1. The molecule has 0 aromatic heterocycles. The molecule has 1 N–H and O–H groups in total. The van der Waals surface area contributed by atoms with Gasteiger partial charge in [-0.05, 0) is 18.9 Å². The lowest BCUT2D eigenvalue weighted by atomic mass is 10.0. The normalized spacial score (nSPS) is 27.2. The van der Waals surface area contributed by atoms with Crippen molar-refractivity contribution in [3.05, 3.63) is 11.3 Å². The van der Waals surface area contributed by atoms with Crippen LogP contribution in [0.5, 0.6) is 0 Å². The van der Waals surface area contributed by atoms with Gasteiger partial charge in [0.1, 0.15) is 5.70 Å². The van der Waals surface area contributed by atoms with E-state index in [4.69, 9.17) is 5.11 Å². The molecule has 2 heterocycles. The van der Waals surface area contributed by atoms with Crippen molar-refractivity contribution < 1.29 is 14.7 Å². The number of hydrogen-bond acceptors (Lipinski definition) is 2. The van der Waals surface area contributed by atoms with Crippen molar-refractivity contribution in [2.75, 3.05) is 0 Å². The molecule has 12 heavy (non-hydrogen) atoms. The molecule has 1 fully saturated rings. The molecule has 0 bridgehead atoms. The third-order valence-corrected chi connectivity index (χ3v) is 2.43. The van der Waals surface area contributed by atoms with Crippen molar-refractivity contribution in [2.24, 2.45) is 0 Å². The number of carbonyl (C=O) groups excluding carboxylic acids is 1. The first-order valence-electron chi connectivity index (χ1n) is 3.86. The van der Waals surface area contributed by atoms with Crippen LogP contribution in [0.2, 0.25) is 0 Å². The molecule has 0 aromatic rings. The second-order valence-corrected chi connectivity index (χ2v) is 3.26. The number of nitrogens with zero attached hydrogens (tertiary/aromatic N) is 1. The van der Waals surface area contributed by atoms with Gasteiger partial charge in [-0.25, -0.2) is 4.79 Å². The van der Waals surface area contributed by atoms with Gasteiger partial charge in [-0.15, -0.1) is 0 Å². The molecule has 1 saturated heterocycles.